The van der Waals surface area contributed by atoms with Crippen LogP contribution in [0.2, 0.25) is 0 Å². The van der Waals surface area contributed by atoms with Crippen LogP contribution < -0.4 is 51.4 Å². The van der Waals surface area contributed by atoms with Gasteiger partial charge in [0.15, 0.2) is 0 Å². The second kappa shape index (κ2) is 10.8. The fourth-order valence-electron chi connectivity index (χ4n) is 0. The molecule has 0 aliphatic heterocycles. The van der Waals surface area contributed by atoms with Gasteiger partial charge in [0.2, 0.25) is 0 Å². The molecule has 0 bridgehead atoms. The standard InChI is InChI=1S/C2H4O3.K.Zr.H/c3-1-2(4)5;;;/h3H,1H2,(H,4,5);;;/q;+1;;-1. The molecular formula is C2H5KO3Zr. The summed E-state index contributed by atoms with van der Waals surface area (Å²) in [6.45, 7) is -0.778. The summed E-state index contributed by atoms with van der Waals surface area (Å²) in [6, 6.07) is 0. The molecular weight excluding hydrogens is 202 g/mol. The van der Waals surface area contributed by atoms with E-state index in [1.165, 1.54) is 0 Å². The number of aliphatic hydroxyl groups is 1. The van der Waals surface area contributed by atoms with Crippen molar-refractivity contribution in [3.63, 3.8) is 0 Å². The number of carbonyl (C=O) groups is 1. The molecule has 7 heavy (non-hydrogen) atoms. The van der Waals surface area contributed by atoms with E-state index in [2.05, 4.69) is 0 Å². The summed E-state index contributed by atoms with van der Waals surface area (Å²) < 4.78 is 0. The minimum absolute atomic E-state index is 0. The van der Waals surface area contributed by atoms with Gasteiger partial charge in [-0.15, -0.1) is 0 Å². The fourth-order valence-corrected chi connectivity index (χ4v) is 0. The molecule has 0 amide bonds. The first-order valence-corrected chi connectivity index (χ1v) is 1.10. The Morgan fingerprint density at radius 1 is 1.71 bits per heavy atom. The third-order valence-corrected chi connectivity index (χ3v) is 0.135. The summed E-state index contributed by atoms with van der Waals surface area (Å²) in [7, 11) is 0. The predicted molar refractivity (Wildman–Crippen MR) is 15.8 cm³/mol. The van der Waals surface area contributed by atoms with Crippen molar-refractivity contribution in [1.29, 1.82) is 0 Å². The largest absolute Gasteiger partial charge is 1.00 e. The SMILES string of the molecule is O=C(O)CO.[H-].[K+].[Zr]. The molecule has 0 spiro atoms. The van der Waals surface area contributed by atoms with E-state index in [0.29, 0.717) is 0 Å². The van der Waals surface area contributed by atoms with Crippen LogP contribution in [0.25, 0.3) is 0 Å². The number of rotatable bonds is 1. The first-order valence-electron chi connectivity index (χ1n) is 1.10. The molecule has 0 rings (SSSR count). The smallest absolute Gasteiger partial charge is 1.00 e. The van der Waals surface area contributed by atoms with Crippen molar-refractivity contribution in [2.45, 2.75) is 0 Å². The summed E-state index contributed by atoms with van der Waals surface area (Å²) in [5.74, 6) is -1.19. The third kappa shape index (κ3) is 18.0. The Balaban J connectivity index is -0.0000000267. The van der Waals surface area contributed by atoms with Crippen LogP contribution in [0.4, 0.5) is 0 Å². The van der Waals surface area contributed by atoms with Crippen LogP contribution in [0, 0.1) is 0 Å². The van der Waals surface area contributed by atoms with Gasteiger partial charge in [0.1, 0.15) is 6.61 Å². The van der Waals surface area contributed by atoms with Gasteiger partial charge in [-0.05, 0) is 0 Å². The van der Waals surface area contributed by atoms with Crippen LogP contribution in [-0.2, 0) is 31.0 Å². The molecule has 5 heteroatoms. The monoisotopic (exact) mass is 206 g/mol. The maximum absolute atomic E-state index is 9.12. The molecule has 0 unspecified atom stereocenters. The van der Waals surface area contributed by atoms with Gasteiger partial charge in [0.25, 0.3) is 0 Å². The first kappa shape index (κ1) is 16.0. The molecule has 0 atom stereocenters. The van der Waals surface area contributed by atoms with E-state index < -0.39 is 12.6 Å². The number of aliphatic hydroxyl groups excluding tert-OH is 1. The Morgan fingerprint density at radius 2 is 1.86 bits per heavy atom. The van der Waals surface area contributed by atoms with E-state index >= 15 is 0 Å². The van der Waals surface area contributed by atoms with E-state index in [1.807, 2.05) is 0 Å². The average molecular weight is 207 g/mol. The Bertz CT molecular complexity index is 52.5. The van der Waals surface area contributed by atoms with E-state index in [-0.39, 0.29) is 79.0 Å². The van der Waals surface area contributed by atoms with Crippen LogP contribution >= 0.6 is 0 Å². The van der Waals surface area contributed by atoms with E-state index in [9.17, 15) is 0 Å². The summed E-state index contributed by atoms with van der Waals surface area (Å²) in [4.78, 5) is 9.12. The number of carboxylic acids is 1. The molecule has 0 saturated heterocycles. The summed E-state index contributed by atoms with van der Waals surface area (Å²) >= 11 is 0. The normalized spacial score (nSPS) is 5.29. The van der Waals surface area contributed by atoms with Crippen LogP contribution in [0.1, 0.15) is 1.43 Å². The van der Waals surface area contributed by atoms with Crippen LogP contribution in [-0.4, -0.2) is 22.8 Å². The fraction of sp³-hybridized carbons (Fsp3) is 0.500. The molecule has 2 N–H and O–H groups in total. The van der Waals surface area contributed by atoms with E-state index in [0.717, 1.165) is 0 Å². The second-order valence-corrected chi connectivity index (χ2v) is 0.552. The van der Waals surface area contributed by atoms with Crippen molar-refractivity contribution in [3.8, 4) is 0 Å². The van der Waals surface area contributed by atoms with Gasteiger partial charge in [-0.2, -0.15) is 0 Å². The molecule has 0 aliphatic carbocycles. The second-order valence-electron chi connectivity index (χ2n) is 0.552. The summed E-state index contributed by atoms with van der Waals surface area (Å²) in [5, 5.41) is 15.0. The molecule has 0 aliphatic rings. The zero-order chi connectivity index (χ0) is 4.28. The van der Waals surface area contributed by atoms with Gasteiger partial charge in [-0.3, -0.25) is 0 Å². The maximum Gasteiger partial charge on any atom is 1.00 e. The molecule has 36 valence electrons. The Labute approximate surface area is 105 Å². The average Bonchev–Trinajstić information content (AvgIpc) is 1.38. The van der Waals surface area contributed by atoms with Gasteiger partial charge in [0, 0.05) is 26.2 Å². The van der Waals surface area contributed by atoms with Crippen LogP contribution in [0.15, 0.2) is 0 Å². The minimum atomic E-state index is -1.19. The Morgan fingerprint density at radius 3 is 1.86 bits per heavy atom. The van der Waals surface area contributed by atoms with E-state index in [4.69, 9.17) is 15.0 Å². The number of carboxylic acid groups (broad SMARTS) is 1. The number of hydrogen-bond donors (Lipinski definition) is 2. The number of hydrogen-bond acceptors (Lipinski definition) is 2. The molecule has 0 saturated carbocycles. The number of aliphatic carboxylic acids is 1. The molecule has 3 nitrogen and oxygen atoms in total. The van der Waals surface area contributed by atoms with Gasteiger partial charge in [0.05, 0.1) is 0 Å². The van der Waals surface area contributed by atoms with Crippen molar-refractivity contribution < 1.29 is 94.0 Å². The summed E-state index contributed by atoms with van der Waals surface area (Å²) in [5.41, 5.74) is 0. The predicted octanol–water partition coefficient (Wildman–Crippen LogP) is -3.82. The zero-order valence-corrected chi connectivity index (χ0v) is 9.59. The van der Waals surface area contributed by atoms with Crippen molar-refractivity contribution in [3.05, 3.63) is 0 Å². The van der Waals surface area contributed by atoms with Gasteiger partial charge < -0.3 is 11.6 Å². The molecule has 0 aromatic carbocycles. The third-order valence-electron chi connectivity index (χ3n) is 0.135. The van der Waals surface area contributed by atoms with Gasteiger partial charge >= 0.3 is 57.4 Å². The van der Waals surface area contributed by atoms with Crippen molar-refractivity contribution in [2.75, 3.05) is 6.61 Å². The topological polar surface area (TPSA) is 57.5 Å². The van der Waals surface area contributed by atoms with Crippen molar-refractivity contribution in [1.82, 2.24) is 0 Å². The molecule has 0 fully saturated rings. The minimum Gasteiger partial charge on any atom is -1.00 e. The van der Waals surface area contributed by atoms with Crippen LogP contribution in [0.5, 0.6) is 0 Å². The van der Waals surface area contributed by atoms with Gasteiger partial charge in [-0.1, -0.05) is 0 Å². The summed E-state index contributed by atoms with van der Waals surface area (Å²) in [6.07, 6.45) is 0. The molecule has 0 aromatic rings. The maximum atomic E-state index is 9.12. The van der Waals surface area contributed by atoms with Crippen LogP contribution in [0.3, 0.4) is 0 Å². The molecule has 0 aromatic heterocycles. The van der Waals surface area contributed by atoms with Crippen molar-refractivity contribution >= 4 is 5.97 Å². The zero-order valence-electron chi connectivity index (χ0n) is 5.01. The Kier molecular flexibility index (Phi) is 24.8. The van der Waals surface area contributed by atoms with Crippen molar-refractivity contribution in [2.24, 2.45) is 0 Å². The first-order chi connectivity index (χ1) is 2.27. The quantitative estimate of drug-likeness (QED) is 0.433. The van der Waals surface area contributed by atoms with E-state index in [1.54, 1.807) is 0 Å². The molecule has 0 radical (unpaired) electrons. The molecule has 0 heterocycles. The Hall–Kier alpha value is 1.95. The van der Waals surface area contributed by atoms with Gasteiger partial charge in [-0.25, -0.2) is 4.79 Å².